The topological polar surface area (TPSA) is 77.8 Å². The van der Waals surface area contributed by atoms with Crippen LogP contribution in [-0.2, 0) is 10.2 Å². The second-order valence-corrected chi connectivity index (χ2v) is 4.01. The maximum Gasteiger partial charge on any atom is 0.333 e. The van der Waals surface area contributed by atoms with E-state index in [0.29, 0.717) is 5.56 Å². The Labute approximate surface area is 87.8 Å². The van der Waals surface area contributed by atoms with Gasteiger partial charge in [0.1, 0.15) is 5.75 Å². The number of rotatable bonds is 3. The largest absolute Gasteiger partial charge is 0.508 e. The molecule has 0 aromatic heterocycles. The van der Waals surface area contributed by atoms with Gasteiger partial charge in [0, 0.05) is 5.41 Å². The number of aliphatic carboxylic acids is 1. The molecule has 0 aliphatic rings. The van der Waals surface area contributed by atoms with Crippen molar-refractivity contribution in [3.63, 3.8) is 0 Å². The van der Waals surface area contributed by atoms with Crippen LogP contribution in [0.4, 0.5) is 0 Å². The van der Waals surface area contributed by atoms with Crippen molar-refractivity contribution in [3.05, 3.63) is 29.8 Å². The second-order valence-electron chi connectivity index (χ2n) is 4.01. The van der Waals surface area contributed by atoms with Crippen LogP contribution >= 0.6 is 0 Å². The van der Waals surface area contributed by atoms with E-state index in [9.17, 15) is 9.90 Å². The molecular formula is C11H14O4. The van der Waals surface area contributed by atoms with E-state index in [-0.39, 0.29) is 5.75 Å². The first-order valence-electron chi connectivity index (χ1n) is 4.56. The van der Waals surface area contributed by atoms with E-state index < -0.39 is 17.5 Å². The summed E-state index contributed by atoms with van der Waals surface area (Å²) >= 11 is 0. The summed E-state index contributed by atoms with van der Waals surface area (Å²) in [6.45, 7) is 3.27. The van der Waals surface area contributed by atoms with E-state index in [4.69, 9.17) is 10.2 Å². The Morgan fingerprint density at radius 1 is 1.27 bits per heavy atom. The van der Waals surface area contributed by atoms with Crippen molar-refractivity contribution in [1.29, 1.82) is 0 Å². The van der Waals surface area contributed by atoms with Crippen molar-refractivity contribution < 1.29 is 20.1 Å². The standard InChI is InChI=1S/C11H14O4/c1-11(2,9(13)10(14)15)7-3-5-8(12)6-4-7/h3-6,9,12-13H,1-2H3,(H,14,15). The zero-order valence-electron chi connectivity index (χ0n) is 8.64. The summed E-state index contributed by atoms with van der Waals surface area (Å²) in [5.74, 6) is -1.15. The molecule has 0 heterocycles. The van der Waals surface area contributed by atoms with E-state index in [2.05, 4.69) is 0 Å². The second kappa shape index (κ2) is 3.90. The maximum atomic E-state index is 10.7. The number of phenols is 1. The molecular weight excluding hydrogens is 196 g/mol. The smallest absolute Gasteiger partial charge is 0.333 e. The molecule has 1 aromatic rings. The van der Waals surface area contributed by atoms with Gasteiger partial charge in [-0.2, -0.15) is 0 Å². The molecule has 1 unspecified atom stereocenters. The van der Waals surface area contributed by atoms with Gasteiger partial charge in [0.25, 0.3) is 0 Å². The van der Waals surface area contributed by atoms with Crippen molar-refractivity contribution >= 4 is 5.97 Å². The quantitative estimate of drug-likeness (QED) is 0.698. The highest BCUT2D eigenvalue weighted by atomic mass is 16.4. The summed E-state index contributed by atoms with van der Waals surface area (Å²) < 4.78 is 0. The SMILES string of the molecule is CC(C)(c1ccc(O)cc1)C(O)C(=O)O. The summed E-state index contributed by atoms with van der Waals surface area (Å²) in [4.78, 5) is 10.7. The molecule has 1 aromatic carbocycles. The number of aliphatic hydroxyl groups excluding tert-OH is 1. The summed E-state index contributed by atoms with van der Waals surface area (Å²) in [5, 5.41) is 27.3. The van der Waals surface area contributed by atoms with Crippen LogP contribution in [0.25, 0.3) is 0 Å². The molecule has 4 nitrogen and oxygen atoms in total. The molecule has 0 spiro atoms. The third kappa shape index (κ3) is 2.27. The number of carboxylic acids is 1. The Kier molecular flexibility index (Phi) is 3.00. The molecule has 3 N–H and O–H groups in total. The van der Waals surface area contributed by atoms with Crippen molar-refractivity contribution in [2.45, 2.75) is 25.4 Å². The van der Waals surface area contributed by atoms with Crippen LogP contribution in [0.15, 0.2) is 24.3 Å². The third-order valence-electron chi connectivity index (χ3n) is 2.53. The van der Waals surface area contributed by atoms with Gasteiger partial charge in [-0.3, -0.25) is 0 Å². The average Bonchev–Trinajstić information content (AvgIpc) is 2.17. The highest BCUT2D eigenvalue weighted by Crippen LogP contribution is 2.28. The lowest BCUT2D eigenvalue weighted by atomic mass is 9.79. The summed E-state index contributed by atoms with van der Waals surface area (Å²) in [6.07, 6.45) is -1.47. The third-order valence-corrected chi connectivity index (χ3v) is 2.53. The summed E-state index contributed by atoms with van der Waals surface area (Å²) in [7, 11) is 0. The predicted molar refractivity (Wildman–Crippen MR) is 54.8 cm³/mol. The molecule has 0 saturated heterocycles. The molecule has 0 saturated carbocycles. The van der Waals surface area contributed by atoms with Crippen LogP contribution in [0, 0.1) is 0 Å². The van der Waals surface area contributed by atoms with Crippen LogP contribution in [0.5, 0.6) is 5.75 Å². The van der Waals surface area contributed by atoms with Gasteiger partial charge in [0.15, 0.2) is 6.10 Å². The van der Waals surface area contributed by atoms with Crippen LogP contribution in [0.2, 0.25) is 0 Å². The van der Waals surface area contributed by atoms with Crippen molar-refractivity contribution in [1.82, 2.24) is 0 Å². The number of phenolic OH excluding ortho intramolecular Hbond substituents is 1. The first kappa shape index (κ1) is 11.5. The summed E-state index contributed by atoms with van der Waals surface area (Å²) in [6, 6.07) is 6.13. The minimum atomic E-state index is -1.47. The van der Waals surface area contributed by atoms with Gasteiger partial charge in [-0.25, -0.2) is 4.79 Å². The fourth-order valence-corrected chi connectivity index (χ4v) is 1.36. The van der Waals surface area contributed by atoms with E-state index in [1.165, 1.54) is 12.1 Å². The van der Waals surface area contributed by atoms with Crippen molar-refractivity contribution in [3.8, 4) is 5.75 Å². The van der Waals surface area contributed by atoms with Crippen molar-refractivity contribution in [2.75, 3.05) is 0 Å². The molecule has 0 aliphatic heterocycles. The molecule has 0 fully saturated rings. The minimum absolute atomic E-state index is 0.111. The molecule has 1 atom stereocenters. The van der Waals surface area contributed by atoms with Gasteiger partial charge in [-0.15, -0.1) is 0 Å². The molecule has 0 radical (unpaired) electrons. The predicted octanol–water partition coefficient (Wildman–Crippen LogP) is 1.12. The number of aliphatic hydroxyl groups is 1. The van der Waals surface area contributed by atoms with Crippen LogP contribution in [0.3, 0.4) is 0 Å². The Balaban J connectivity index is 3.05. The van der Waals surface area contributed by atoms with E-state index in [0.717, 1.165) is 0 Å². The molecule has 1 rings (SSSR count). The number of hydrogen-bond donors (Lipinski definition) is 3. The van der Waals surface area contributed by atoms with Gasteiger partial charge in [0.2, 0.25) is 0 Å². The Morgan fingerprint density at radius 3 is 2.13 bits per heavy atom. The van der Waals surface area contributed by atoms with Gasteiger partial charge in [-0.1, -0.05) is 26.0 Å². The molecule has 82 valence electrons. The highest BCUT2D eigenvalue weighted by Gasteiger charge is 2.34. The lowest BCUT2D eigenvalue weighted by Crippen LogP contribution is -2.39. The Bertz CT molecular complexity index is 353. The minimum Gasteiger partial charge on any atom is -0.508 e. The Morgan fingerprint density at radius 2 is 1.73 bits per heavy atom. The highest BCUT2D eigenvalue weighted by molar-refractivity contribution is 5.74. The van der Waals surface area contributed by atoms with E-state index in [1.807, 2.05) is 0 Å². The maximum absolute atomic E-state index is 10.7. The van der Waals surface area contributed by atoms with Gasteiger partial charge in [-0.05, 0) is 17.7 Å². The first-order chi connectivity index (χ1) is 6.85. The fourth-order valence-electron chi connectivity index (χ4n) is 1.36. The van der Waals surface area contributed by atoms with Crippen LogP contribution in [-0.4, -0.2) is 27.4 Å². The number of carbonyl (C=O) groups is 1. The molecule has 0 bridgehead atoms. The van der Waals surface area contributed by atoms with Gasteiger partial charge < -0.3 is 15.3 Å². The fraction of sp³-hybridized carbons (Fsp3) is 0.364. The first-order valence-corrected chi connectivity index (χ1v) is 4.56. The monoisotopic (exact) mass is 210 g/mol. The number of hydrogen-bond acceptors (Lipinski definition) is 3. The molecule has 0 amide bonds. The molecule has 4 heteroatoms. The van der Waals surface area contributed by atoms with E-state index in [1.54, 1.807) is 26.0 Å². The lowest BCUT2D eigenvalue weighted by Gasteiger charge is -2.28. The van der Waals surface area contributed by atoms with E-state index >= 15 is 0 Å². The zero-order chi connectivity index (χ0) is 11.6. The van der Waals surface area contributed by atoms with Gasteiger partial charge >= 0.3 is 5.97 Å². The normalized spacial score (nSPS) is 13.5. The average molecular weight is 210 g/mol. The zero-order valence-corrected chi connectivity index (χ0v) is 8.64. The van der Waals surface area contributed by atoms with Crippen LogP contribution in [0.1, 0.15) is 19.4 Å². The number of carboxylic acid groups (broad SMARTS) is 1. The van der Waals surface area contributed by atoms with Crippen LogP contribution < -0.4 is 0 Å². The molecule has 15 heavy (non-hydrogen) atoms. The van der Waals surface area contributed by atoms with Gasteiger partial charge in [0.05, 0.1) is 0 Å². The number of aromatic hydroxyl groups is 1. The number of benzene rings is 1. The summed E-state index contributed by atoms with van der Waals surface area (Å²) in [5.41, 5.74) is -0.227. The Hall–Kier alpha value is -1.55. The van der Waals surface area contributed by atoms with Crippen molar-refractivity contribution in [2.24, 2.45) is 0 Å². The lowest BCUT2D eigenvalue weighted by molar-refractivity contribution is -0.150. The molecule has 0 aliphatic carbocycles.